The number of methoxy groups -OCH3 is 1. The molecule has 1 unspecified atom stereocenters. The van der Waals surface area contributed by atoms with E-state index in [1.165, 1.54) is 38.6 Å². The Morgan fingerprint density at radius 2 is 1.45 bits per heavy atom. The Bertz CT molecular complexity index is 1130. The molecule has 0 aliphatic heterocycles. The van der Waals surface area contributed by atoms with Crippen LogP contribution in [-0.4, -0.2) is 15.9 Å². The fourth-order valence-electron chi connectivity index (χ4n) is 4.88. The first kappa shape index (κ1) is 21.9. The third-order valence-electron chi connectivity index (χ3n) is 6.64. The Kier molecular flexibility index (Phi) is 5.42. The average molecular weight is 428 g/mol. The lowest BCUT2D eigenvalue weighted by Gasteiger charge is -2.29. The van der Waals surface area contributed by atoms with Crippen molar-refractivity contribution < 1.29 is 4.74 Å². The van der Waals surface area contributed by atoms with Crippen LogP contribution in [0.25, 0.3) is 11.1 Å². The quantitative estimate of drug-likeness (QED) is 0.373. The van der Waals surface area contributed by atoms with E-state index in [0.717, 1.165) is 5.75 Å². The number of ether oxygens (including phenoxy) is 1. The maximum atomic E-state index is 5.77. The first-order valence-electron chi connectivity index (χ1n) is 11.3. The highest BCUT2D eigenvalue weighted by Gasteiger charge is 2.32. The molecule has 3 aromatic rings. The van der Waals surface area contributed by atoms with Crippen molar-refractivity contribution >= 4 is 19.2 Å². The van der Waals surface area contributed by atoms with Crippen molar-refractivity contribution in [1.29, 1.82) is 0 Å². The van der Waals surface area contributed by atoms with Crippen molar-refractivity contribution in [2.45, 2.75) is 58.9 Å². The van der Waals surface area contributed by atoms with Gasteiger partial charge < -0.3 is 4.74 Å². The molecule has 0 amide bonds. The summed E-state index contributed by atoms with van der Waals surface area (Å²) in [5.74, 6) is 1.02. The summed E-state index contributed by atoms with van der Waals surface area (Å²) in [6, 6.07) is 20.3. The predicted molar refractivity (Wildman–Crippen MR) is 137 cm³/mol. The number of hydrogen-bond acceptors (Lipinski definition) is 1. The zero-order valence-electron chi connectivity index (χ0n) is 20.3. The number of rotatable bonds is 3. The zero-order chi connectivity index (χ0) is 22.6. The summed E-state index contributed by atoms with van der Waals surface area (Å²) in [6.45, 7) is 16.3. The van der Waals surface area contributed by atoms with Gasteiger partial charge >= 0.3 is 0 Å². The van der Waals surface area contributed by atoms with Crippen LogP contribution in [0.3, 0.4) is 0 Å². The molecule has 0 saturated carbocycles. The first-order chi connectivity index (χ1) is 14.5. The van der Waals surface area contributed by atoms with Gasteiger partial charge in [-0.2, -0.15) is 0 Å². The highest BCUT2D eigenvalue weighted by Crippen LogP contribution is 2.41. The third-order valence-corrected chi connectivity index (χ3v) is 9.54. The summed E-state index contributed by atoms with van der Waals surface area (Å²) >= 11 is 0. The van der Waals surface area contributed by atoms with Crippen molar-refractivity contribution in [3.05, 3.63) is 83.3 Å². The molecular weight excluding hydrogens is 392 g/mol. The monoisotopic (exact) mass is 427 g/mol. The van der Waals surface area contributed by atoms with Gasteiger partial charge in [-0.1, -0.05) is 96.6 Å². The van der Waals surface area contributed by atoms with Crippen LogP contribution >= 0.6 is 0 Å². The van der Waals surface area contributed by atoms with E-state index in [9.17, 15) is 0 Å². The summed E-state index contributed by atoms with van der Waals surface area (Å²) < 4.78 is 5.77. The molecule has 1 radical (unpaired) electrons. The van der Waals surface area contributed by atoms with Gasteiger partial charge in [0.25, 0.3) is 0 Å². The summed E-state index contributed by atoms with van der Waals surface area (Å²) in [5.41, 5.74) is 8.64. The van der Waals surface area contributed by atoms with E-state index in [0.29, 0.717) is 0 Å². The zero-order valence-corrected chi connectivity index (χ0v) is 21.4. The smallest absolute Gasteiger partial charge is 0.118 e. The van der Waals surface area contributed by atoms with Crippen LogP contribution in [0.4, 0.5) is 0 Å². The Labute approximate surface area is 190 Å². The van der Waals surface area contributed by atoms with Crippen LogP contribution < -0.4 is 15.1 Å². The Balaban J connectivity index is 1.92. The lowest BCUT2D eigenvalue weighted by molar-refractivity contribution is 0.418. The molecule has 0 saturated heterocycles. The van der Waals surface area contributed by atoms with Gasteiger partial charge in [0.1, 0.15) is 14.5 Å². The normalized spacial score (nSPS) is 14.2. The van der Waals surface area contributed by atoms with E-state index in [-0.39, 0.29) is 10.8 Å². The molecule has 161 valence electrons. The molecule has 1 nitrogen and oxygen atoms in total. The number of hydrogen-bond donors (Lipinski definition) is 0. The van der Waals surface area contributed by atoms with E-state index in [1.807, 2.05) is 0 Å². The van der Waals surface area contributed by atoms with Gasteiger partial charge in [-0.25, -0.2) is 0 Å². The number of fused-ring (bicyclic) bond motifs is 3. The maximum absolute atomic E-state index is 5.77. The summed E-state index contributed by atoms with van der Waals surface area (Å²) in [4.78, 5) is 0. The first-order valence-corrected chi connectivity index (χ1v) is 13.6. The van der Waals surface area contributed by atoms with Crippen LogP contribution in [0.2, 0.25) is 6.55 Å². The fraction of sp³-hybridized carbons (Fsp3) is 0.345. The minimum atomic E-state index is -1.49. The van der Waals surface area contributed by atoms with Crippen molar-refractivity contribution in [3.63, 3.8) is 0 Å². The minimum absolute atomic E-state index is 0.0901. The highest BCUT2D eigenvalue weighted by atomic mass is 28.3. The van der Waals surface area contributed by atoms with Crippen LogP contribution in [-0.2, 0) is 10.8 Å². The van der Waals surface area contributed by atoms with Gasteiger partial charge in [-0.05, 0) is 60.7 Å². The lowest BCUT2D eigenvalue weighted by Crippen LogP contribution is -2.45. The Hall–Kier alpha value is -2.32. The second-order valence-corrected chi connectivity index (χ2v) is 13.5. The molecule has 1 atom stereocenters. The largest absolute Gasteiger partial charge is 0.497 e. The molecule has 3 aromatic carbocycles. The van der Waals surface area contributed by atoms with Crippen LogP contribution in [0.1, 0.15) is 63.8 Å². The molecule has 0 spiro atoms. The molecule has 0 heterocycles. The van der Waals surface area contributed by atoms with Crippen molar-refractivity contribution in [1.82, 2.24) is 0 Å². The van der Waals surface area contributed by atoms with Gasteiger partial charge in [0.15, 0.2) is 0 Å². The average Bonchev–Trinajstić information content (AvgIpc) is 3.09. The molecule has 0 fully saturated rings. The van der Waals surface area contributed by atoms with Gasteiger partial charge in [-0.3, -0.25) is 0 Å². The lowest BCUT2D eigenvalue weighted by atomic mass is 9.85. The summed E-state index contributed by atoms with van der Waals surface area (Å²) in [5, 5.41) is 2.94. The van der Waals surface area contributed by atoms with Crippen LogP contribution in [0.5, 0.6) is 5.75 Å². The maximum Gasteiger partial charge on any atom is 0.118 e. The molecule has 0 bridgehead atoms. The molecule has 0 N–H and O–H groups in total. The number of para-hydroxylation sites is 1. The summed E-state index contributed by atoms with van der Waals surface area (Å²) in [7, 11) is 0.295. The van der Waals surface area contributed by atoms with E-state index in [2.05, 4.69) is 109 Å². The molecule has 1 aliphatic carbocycles. The molecular formula is C29H35OSi. The molecule has 31 heavy (non-hydrogen) atoms. The molecule has 4 rings (SSSR count). The van der Waals surface area contributed by atoms with Crippen LogP contribution in [0, 0.1) is 6.42 Å². The van der Waals surface area contributed by atoms with E-state index in [4.69, 9.17) is 4.74 Å². The topological polar surface area (TPSA) is 9.23 Å². The van der Waals surface area contributed by atoms with E-state index >= 15 is 0 Å². The Morgan fingerprint density at radius 3 is 2.10 bits per heavy atom. The third kappa shape index (κ3) is 3.87. The van der Waals surface area contributed by atoms with Gasteiger partial charge in [0.05, 0.1) is 7.11 Å². The predicted octanol–water partition coefficient (Wildman–Crippen LogP) is 5.84. The van der Waals surface area contributed by atoms with Crippen molar-refractivity contribution in [2.24, 2.45) is 0 Å². The van der Waals surface area contributed by atoms with Crippen LogP contribution in [0.15, 0.2) is 54.6 Å². The van der Waals surface area contributed by atoms with Crippen molar-refractivity contribution in [2.75, 3.05) is 7.11 Å². The second-order valence-electron chi connectivity index (χ2n) is 10.9. The fourth-order valence-corrected chi connectivity index (χ4v) is 7.93. The minimum Gasteiger partial charge on any atom is -0.497 e. The van der Waals surface area contributed by atoms with E-state index in [1.54, 1.807) is 12.3 Å². The standard InChI is InChI=1S/C29H35OSi/c1-28(2,3)20-13-14-21-19(17-20)18-23-22(21)15-16-24(29(4,5)6)27(23)31(8)26-12-10-9-11-25(26)30-7/h9-18,31H,1-8H3. The molecule has 2 heteroatoms. The molecule has 0 aromatic heterocycles. The number of benzene rings is 3. The SMILES string of the molecule is COc1ccccc1[SiH](C)c1c(C(C)(C)C)ccc2c1[CH]c1cc(C(C)(C)C)ccc1-2. The van der Waals surface area contributed by atoms with Gasteiger partial charge in [0.2, 0.25) is 0 Å². The van der Waals surface area contributed by atoms with Gasteiger partial charge in [-0.15, -0.1) is 0 Å². The van der Waals surface area contributed by atoms with Crippen molar-refractivity contribution in [3.8, 4) is 16.9 Å². The van der Waals surface area contributed by atoms with Gasteiger partial charge in [0, 0.05) is 6.42 Å². The van der Waals surface area contributed by atoms with E-state index < -0.39 is 8.80 Å². The summed E-state index contributed by atoms with van der Waals surface area (Å²) in [6.07, 6.45) is 2.45. The molecule has 1 aliphatic rings. The Morgan fingerprint density at radius 1 is 0.774 bits per heavy atom. The highest BCUT2D eigenvalue weighted by molar-refractivity contribution is 6.85. The second kappa shape index (κ2) is 7.67.